The van der Waals surface area contributed by atoms with Gasteiger partial charge in [-0.05, 0) is 33.6 Å². The molecule has 1 unspecified atom stereocenters. The van der Waals surface area contributed by atoms with E-state index in [1.165, 1.54) is 0 Å². The van der Waals surface area contributed by atoms with Crippen LogP contribution in [-0.4, -0.2) is 30.4 Å². The van der Waals surface area contributed by atoms with Crippen LogP contribution in [0.3, 0.4) is 0 Å². The average molecular weight is 241 g/mol. The zero-order chi connectivity index (χ0) is 13.1. The minimum absolute atomic E-state index is 0.0778. The molecule has 0 heterocycles. The summed E-state index contributed by atoms with van der Waals surface area (Å²) < 4.78 is 0. The van der Waals surface area contributed by atoms with E-state index in [-0.39, 0.29) is 17.9 Å². The molecule has 1 aliphatic rings. The third-order valence-corrected chi connectivity index (χ3v) is 3.35. The number of hydrogen-bond acceptors (Lipinski definition) is 3. The van der Waals surface area contributed by atoms with Crippen LogP contribution in [-0.2, 0) is 9.59 Å². The summed E-state index contributed by atoms with van der Waals surface area (Å²) in [6, 6.07) is -0.428. The monoisotopic (exact) mass is 241 g/mol. The standard InChI is InChI=1S/C12H23N3O2/c1-8(2)14-10(16)9(3)15-11(17)12(7-13)5-4-6-12/h8-9H,4-7,13H2,1-3H3,(H,14,16)(H,15,17). The van der Waals surface area contributed by atoms with E-state index < -0.39 is 11.5 Å². The van der Waals surface area contributed by atoms with Crippen molar-refractivity contribution in [3.05, 3.63) is 0 Å². The van der Waals surface area contributed by atoms with E-state index in [1.54, 1.807) is 6.92 Å². The van der Waals surface area contributed by atoms with Gasteiger partial charge in [0, 0.05) is 12.6 Å². The average Bonchev–Trinajstić information content (AvgIpc) is 2.15. The predicted molar refractivity (Wildman–Crippen MR) is 66.2 cm³/mol. The fraction of sp³-hybridized carbons (Fsp3) is 0.833. The van der Waals surface area contributed by atoms with Crippen LogP contribution in [0.1, 0.15) is 40.0 Å². The van der Waals surface area contributed by atoms with Crippen LogP contribution in [0.4, 0.5) is 0 Å². The van der Waals surface area contributed by atoms with Crippen molar-refractivity contribution in [3.8, 4) is 0 Å². The molecule has 1 atom stereocenters. The van der Waals surface area contributed by atoms with Crippen LogP contribution in [0.15, 0.2) is 0 Å². The number of carbonyl (C=O) groups excluding carboxylic acids is 2. The first-order valence-corrected chi connectivity index (χ1v) is 6.23. The van der Waals surface area contributed by atoms with Gasteiger partial charge in [0.2, 0.25) is 11.8 Å². The first kappa shape index (κ1) is 14.0. The lowest BCUT2D eigenvalue weighted by Crippen LogP contribution is -2.55. The van der Waals surface area contributed by atoms with Gasteiger partial charge in [-0.25, -0.2) is 0 Å². The Bertz CT molecular complexity index is 293. The SMILES string of the molecule is CC(C)NC(=O)C(C)NC(=O)C1(CN)CCC1. The number of nitrogens with two attached hydrogens (primary N) is 1. The summed E-state index contributed by atoms with van der Waals surface area (Å²) in [5, 5.41) is 5.52. The summed E-state index contributed by atoms with van der Waals surface area (Å²) >= 11 is 0. The van der Waals surface area contributed by atoms with E-state index >= 15 is 0 Å². The van der Waals surface area contributed by atoms with Gasteiger partial charge in [-0.1, -0.05) is 6.42 Å². The van der Waals surface area contributed by atoms with E-state index in [9.17, 15) is 9.59 Å². The van der Waals surface area contributed by atoms with E-state index in [0.29, 0.717) is 6.54 Å². The molecule has 0 bridgehead atoms. The van der Waals surface area contributed by atoms with Crippen molar-refractivity contribution in [3.63, 3.8) is 0 Å². The highest BCUT2D eigenvalue weighted by atomic mass is 16.2. The van der Waals surface area contributed by atoms with Gasteiger partial charge < -0.3 is 16.4 Å². The second-order valence-electron chi connectivity index (χ2n) is 5.20. The Labute approximate surface area is 103 Å². The van der Waals surface area contributed by atoms with E-state index in [2.05, 4.69) is 10.6 Å². The summed E-state index contributed by atoms with van der Waals surface area (Å²) in [5.74, 6) is -0.238. The third-order valence-electron chi connectivity index (χ3n) is 3.35. The van der Waals surface area contributed by atoms with Gasteiger partial charge in [0.1, 0.15) is 6.04 Å². The zero-order valence-corrected chi connectivity index (χ0v) is 10.9. The van der Waals surface area contributed by atoms with Gasteiger partial charge in [0.25, 0.3) is 0 Å². The molecular formula is C12H23N3O2. The van der Waals surface area contributed by atoms with Crippen LogP contribution in [0, 0.1) is 5.41 Å². The molecule has 5 nitrogen and oxygen atoms in total. The molecule has 0 aromatic carbocycles. The fourth-order valence-electron chi connectivity index (χ4n) is 1.95. The zero-order valence-electron chi connectivity index (χ0n) is 10.9. The Kier molecular flexibility index (Phi) is 4.51. The molecule has 0 saturated heterocycles. The minimum Gasteiger partial charge on any atom is -0.352 e. The maximum atomic E-state index is 12.0. The first-order chi connectivity index (χ1) is 7.91. The molecule has 0 aromatic rings. The molecule has 1 rings (SSSR count). The highest BCUT2D eigenvalue weighted by Crippen LogP contribution is 2.40. The Hall–Kier alpha value is -1.10. The molecule has 4 N–H and O–H groups in total. The van der Waals surface area contributed by atoms with Crippen molar-refractivity contribution in [1.82, 2.24) is 10.6 Å². The van der Waals surface area contributed by atoms with Crippen molar-refractivity contribution in [2.24, 2.45) is 11.1 Å². The van der Waals surface area contributed by atoms with Gasteiger partial charge >= 0.3 is 0 Å². The van der Waals surface area contributed by atoms with Gasteiger partial charge in [-0.15, -0.1) is 0 Å². The molecule has 0 aromatic heterocycles. The van der Waals surface area contributed by atoms with Crippen LogP contribution < -0.4 is 16.4 Å². The maximum Gasteiger partial charge on any atom is 0.242 e. The highest BCUT2D eigenvalue weighted by Gasteiger charge is 2.43. The molecule has 0 spiro atoms. The first-order valence-electron chi connectivity index (χ1n) is 6.23. The van der Waals surface area contributed by atoms with E-state index in [4.69, 9.17) is 5.73 Å². The number of rotatable bonds is 5. The van der Waals surface area contributed by atoms with Crippen molar-refractivity contribution >= 4 is 11.8 Å². The largest absolute Gasteiger partial charge is 0.352 e. The molecule has 0 radical (unpaired) electrons. The van der Waals surface area contributed by atoms with E-state index in [1.807, 2.05) is 13.8 Å². The van der Waals surface area contributed by atoms with Crippen molar-refractivity contribution in [2.75, 3.05) is 6.54 Å². The smallest absolute Gasteiger partial charge is 0.242 e. The molecular weight excluding hydrogens is 218 g/mol. The van der Waals surface area contributed by atoms with Crippen molar-refractivity contribution in [1.29, 1.82) is 0 Å². The highest BCUT2D eigenvalue weighted by molar-refractivity contribution is 5.90. The molecule has 1 fully saturated rings. The van der Waals surface area contributed by atoms with Crippen molar-refractivity contribution in [2.45, 2.75) is 52.1 Å². The van der Waals surface area contributed by atoms with E-state index in [0.717, 1.165) is 19.3 Å². The van der Waals surface area contributed by atoms with Gasteiger partial charge in [-0.3, -0.25) is 9.59 Å². The Balaban J connectivity index is 2.48. The van der Waals surface area contributed by atoms with Gasteiger partial charge in [0.05, 0.1) is 5.41 Å². The second-order valence-corrected chi connectivity index (χ2v) is 5.20. The summed E-state index contributed by atoms with van der Waals surface area (Å²) in [7, 11) is 0. The summed E-state index contributed by atoms with van der Waals surface area (Å²) in [4.78, 5) is 23.7. The summed E-state index contributed by atoms with van der Waals surface area (Å²) in [5.41, 5.74) is 5.22. The molecule has 17 heavy (non-hydrogen) atoms. The lowest BCUT2D eigenvalue weighted by Gasteiger charge is -2.39. The third kappa shape index (κ3) is 3.19. The Morgan fingerprint density at radius 1 is 1.24 bits per heavy atom. The molecule has 98 valence electrons. The topological polar surface area (TPSA) is 84.2 Å². The fourth-order valence-corrected chi connectivity index (χ4v) is 1.95. The predicted octanol–water partition coefficient (Wildman–Crippen LogP) is 0.145. The van der Waals surface area contributed by atoms with Crippen LogP contribution >= 0.6 is 0 Å². The number of hydrogen-bond donors (Lipinski definition) is 3. The van der Waals surface area contributed by atoms with Crippen LogP contribution in [0.2, 0.25) is 0 Å². The quantitative estimate of drug-likeness (QED) is 0.640. The van der Waals surface area contributed by atoms with Crippen molar-refractivity contribution < 1.29 is 9.59 Å². The number of amides is 2. The van der Waals surface area contributed by atoms with Gasteiger partial charge in [0.15, 0.2) is 0 Å². The second kappa shape index (κ2) is 5.49. The summed E-state index contributed by atoms with van der Waals surface area (Å²) in [6.45, 7) is 5.83. The minimum atomic E-state index is -0.506. The normalized spacial score (nSPS) is 19.4. The number of carbonyl (C=O) groups is 2. The molecule has 5 heteroatoms. The lowest BCUT2D eigenvalue weighted by atomic mass is 9.68. The van der Waals surface area contributed by atoms with Crippen LogP contribution in [0.5, 0.6) is 0 Å². The maximum absolute atomic E-state index is 12.0. The molecule has 2 amide bonds. The summed E-state index contributed by atoms with van der Waals surface area (Å²) in [6.07, 6.45) is 2.69. The molecule has 1 saturated carbocycles. The lowest BCUT2D eigenvalue weighted by molar-refractivity contribution is -0.138. The van der Waals surface area contributed by atoms with Gasteiger partial charge in [-0.2, -0.15) is 0 Å². The Morgan fingerprint density at radius 2 is 1.82 bits per heavy atom. The number of nitrogens with one attached hydrogen (secondary N) is 2. The van der Waals surface area contributed by atoms with Crippen LogP contribution in [0.25, 0.3) is 0 Å². The molecule has 1 aliphatic carbocycles. The Morgan fingerprint density at radius 3 is 2.18 bits per heavy atom. The molecule has 0 aliphatic heterocycles.